The molecule has 126 valence electrons. The Bertz CT molecular complexity index is 1130. The Labute approximate surface area is 149 Å². The van der Waals surface area contributed by atoms with Gasteiger partial charge in [-0.15, -0.1) is 0 Å². The molecule has 4 rings (SSSR count). The Hall–Kier alpha value is -3.66. The smallest absolute Gasteiger partial charge is 0.348 e. The van der Waals surface area contributed by atoms with Crippen molar-refractivity contribution in [2.75, 3.05) is 0 Å². The van der Waals surface area contributed by atoms with Crippen LogP contribution in [0.3, 0.4) is 0 Å². The fraction of sp³-hybridized carbons (Fsp3) is 0. The van der Waals surface area contributed by atoms with E-state index in [1.165, 1.54) is 0 Å². The Morgan fingerprint density at radius 2 is 1.38 bits per heavy atom. The second kappa shape index (κ2) is 6.69. The zero-order chi connectivity index (χ0) is 17.9. The lowest BCUT2D eigenvalue weighted by Gasteiger charge is -2.12. The summed E-state index contributed by atoms with van der Waals surface area (Å²) in [6.07, 6.45) is 0. The number of benzene rings is 3. The topological polar surface area (TPSA) is 56.5 Å². The van der Waals surface area contributed by atoms with Crippen LogP contribution < -0.4 is 10.4 Å². The third kappa shape index (κ3) is 2.89. The first-order valence-electron chi connectivity index (χ1n) is 8.12. The van der Waals surface area contributed by atoms with Gasteiger partial charge < -0.3 is 9.15 Å². The fourth-order valence-electron chi connectivity index (χ4n) is 2.81. The molecule has 0 saturated heterocycles. The van der Waals surface area contributed by atoms with Crippen LogP contribution in [0.4, 0.5) is 0 Å². The molecule has 0 radical (unpaired) electrons. The summed E-state index contributed by atoms with van der Waals surface area (Å²) in [7, 11) is 0. The molecular weight excluding hydrogens is 328 g/mol. The van der Waals surface area contributed by atoms with Gasteiger partial charge >= 0.3 is 11.6 Å². The minimum atomic E-state index is -0.550. The summed E-state index contributed by atoms with van der Waals surface area (Å²) in [4.78, 5) is 25.2. The van der Waals surface area contributed by atoms with Gasteiger partial charge in [0.15, 0.2) is 5.75 Å². The van der Waals surface area contributed by atoms with E-state index in [1.807, 2.05) is 24.3 Å². The number of carbonyl (C=O) groups excluding carboxylic acids is 1. The van der Waals surface area contributed by atoms with Gasteiger partial charge in [0.2, 0.25) is 0 Å². The molecule has 0 aliphatic carbocycles. The summed E-state index contributed by atoms with van der Waals surface area (Å²) >= 11 is 0. The van der Waals surface area contributed by atoms with E-state index in [2.05, 4.69) is 0 Å². The fourth-order valence-corrected chi connectivity index (χ4v) is 2.81. The molecule has 1 aromatic heterocycles. The van der Waals surface area contributed by atoms with Gasteiger partial charge in [0, 0.05) is 0 Å². The lowest BCUT2D eigenvalue weighted by Crippen LogP contribution is -2.13. The predicted octanol–water partition coefficient (Wildman–Crippen LogP) is 4.68. The van der Waals surface area contributed by atoms with Crippen molar-refractivity contribution in [3.63, 3.8) is 0 Å². The van der Waals surface area contributed by atoms with E-state index in [9.17, 15) is 9.59 Å². The van der Waals surface area contributed by atoms with Crippen molar-refractivity contribution in [2.24, 2.45) is 0 Å². The summed E-state index contributed by atoms with van der Waals surface area (Å²) in [5.41, 5.74) is 1.08. The second-order valence-corrected chi connectivity index (χ2v) is 5.71. The molecule has 0 atom stereocenters. The predicted molar refractivity (Wildman–Crippen MR) is 99.3 cm³/mol. The van der Waals surface area contributed by atoms with Crippen molar-refractivity contribution < 1.29 is 13.9 Å². The zero-order valence-electron chi connectivity index (χ0n) is 13.7. The molecule has 0 spiro atoms. The van der Waals surface area contributed by atoms with Crippen molar-refractivity contribution >= 4 is 16.9 Å². The molecule has 0 unspecified atom stereocenters. The molecule has 4 aromatic rings. The molecule has 0 amide bonds. The van der Waals surface area contributed by atoms with Crippen molar-refractivity contribution in [3.05, 3.63) is 101 Å². The average Bonchev–Trinajstić information content (AvgIpc) is 2.69. The SMILES string of the molecule is O=C(Oc1c(-c2ccccc2)c(=O)oc2ccccc12)c1ccccc1. The van der Waals surface area contributed by atoms with Crippen LogP contribution in [0.25, 0.3) is 22.1 Å². The van der Waals surface area contributed by atoms with E-state index < -0.39 is 11.6 Å². The highest BCUT2D eigenvalue weighted by molar-refractivity contribution is 5.97. The maximum Gasteiger partial charge on any atom is 0.348 e. The Morgan fingerprint density at radius 1 is 0.769 bits per heavy atom. The normalized spacial score (nSPS) is 10.6. The van der Waals surface area contributed by atoms with E-state index in [1.54, 1.807) is 60.7 Å². The van der Waals surface area contributed by atoms with Gasteiger partial charge in [-0.25, -0.2) is 9.59 Å². The van der Waals surface area contributed by atoms with Crippen LogP contribution in [0.1, 0.15) is 10.4 Å². The molecule has 4 heteroatoms. The van der Waals surface area contributed by atoms with Crippen LogP contribution in [-0.4, -0.2) is 5.97 Å². The number of esters is 1. The number of rotatable bonds is 3. The van der Waals surface area contributed by atoms with Gasteiger partial charge in [-0.05, 0) is 29.8 Å². The first kappa shape index (κ1) is 15.8. The molecule has 0 aliphatic heterocycles. The molecular formula is C22H14O4. The highest BCUT2D eigenvalue weighted by atomic mass is 16.5. The monoisotopic (exact) mass is 342 g/mol. The van der Waals surface area contributed by atoms with E-state index >= 15 is 0 Å². The Morgan fingerprint density at radius 3 is 2.12 bits per heavy atom. The van der Waals surface area contributed by atoms with E-state index in [-0.39, 0.29) is 11.3 Å². The summed E-state index contributed by atoms with van der Waals surface area (Å²) < 4.78 is 11.1. The quantitative estimate of drug-likeness (QED) is 0.401. The van der Waals surface area contributed by atoms with Gasteiger partial charge in [-0.3, -0.25) is 0 Å². The maximum absolute atomic E-state index is 12.6. The minimum Gasteiger partial charge on any atom is -0.422 e. The number of ether oxygens (including phenoxy) is 1. The molecule has 26 heavy (non-hydrogen) atoms. The summed E-state index contributed by atoms with van der Waals surface area (Å²) in [5, 5.41) is 0.565. The average molecular weight is 342 g/mol. The third-order valence-corrected chi connectivity index (χ3v) is 4.03. The second-order valence-electron chi connectivity index (χ2n) is 5.71. The van der Waals surface area contributed by atoms with Crippen molar-refractivity contribution in [2.45, 2.75) is 0 Å². The number of hydrogen-bond acceptors (Lipinski definition) is 4. The third-order valence-electron chi connectivity index (χ3n) is 4.03. The van der Waals surface area contributed by atoms with Gasteiger partial charge in [-0.2, -0.15) is 0 Å². The number of para-hydroxylation sites is 1. The van der Waals surface area contributed by atoms with Gasteiger partial charge in [0.1, 0.15) is 11.1 Å². The van der Waals surface area contributed by atoms with Gasteiger partial charge in [-0.1, -0.05) is 60.7 Å². The zero-order valence-corrected chi connectivity index (χ0v) is 13.7. The molecule has 0 saturated carbocycles. The van der Waals surface area contributed by atoms with Crippen molar-refractivity contribution in [1.29, 1.82) is 0 Å². The lowest BCUT2D eigenvalue weighted by molar-refractivity contribution is 0.0737. The molecule has 0 bridgehead atoms. The molecule has 0 fully saturated rings. The van der Waals surface area contributed by atoms with E-state index in [0.717, 1.165) is 0 Å². The summed E-state index contributed by atoms with van der Waals surface area (Å²) in [6, 6.07) is 24.7. The van der Waals surface area contributed by atoms with Crippen LogP contribution in [0, 0.1) is 0 Å². The van der Waals surface area contributed by atoms with Crippen LogP contribution in [0.15, 0.2) is 94.1 Å². The van der Waals surface area contributed by atoms with Crippen LogP contribution >= 0.6 is 0 Å². The molecule has 0 aliphatic rings. The first-order valence-corrected chi connectivity index (χ1v) is 8.12. The molecule has 3 aromatic carbocycles. The highest BCUT2D eigenvalue weighted by Gasteiger charge is 2.20. The number of hydrogen-bond donors (Lipinski definition) is 0. The first-order chi connectivity index (χ1) is 12.7. The molecule has 1 heterocycles. The number of carbonyl (C=O) groups is 1. The van der Waals surface area contributed by atoms with Gasteiger partial charge in [0.25, 0.3) is 0 Å². The maximum atomic E-state index is 12.6. The largest absolute Gasteiger partial charge is 0.422 e. The van der Waals surface area contributed by atoms with Crippen LogP contribution in [0.5, 0.6) is 5.75 Å². The standard InChI is InChI=1S/C22H14O4/c23-21(16-11-5-2-6-12-16)26-20-17-13-7-8-14-18(17)25-22(24)19(20)15-9-3-1-4-10-15/h1-14H. The lowest BCUT2D eigenvalue weighted by atomic mass is 10.0. The van der Waals surface area contributed by atoms with Crippen molar-refractivity contribution in [1.82, 2.24) is 0 Å². The van der Waals surface area contributed by atoms with Crippen LogP contribution in [-0.2, 0) is 0 Å². The molecule has 0 N–H and O–H groups in total. The van der Waals surface area contributed by atoms with Gasteiger partial charge in [0.05, 0.1) is 10.9 Å². The summed E-state index contributed by atoms with van der Waals surface area (Å²) in [5.74, 6) is -0.324. The van der Waals surface area contributed by atoms with E-state index in [4.69, 9.17) is 9.15 Å². The highest BCUT2D eigenvalue weighted by Crippen LogP contribution is 2.34. The Balaban J connectivity index is 1.94. The number of fused-ring (bicyclic) bond motifs is 1. The van der Waals surface area contributed by atoms with E-state index in [0.29, 0.717) is 22.1 Å². The molecule has 4 nitrogen and oxygen atoms in total. The summed E-state index contributed by atoms with van der Waals surface area (Å²) in [6.45, 7) is 0. The van der Waals surface area contributed by atoms with Crippen molar-refractivity contribution in [3.8, 4) is 16.9 Å². The minimum absolute atomic E-state index is 0.205. The Kier molecular flexibility index (Phi) is 4.07. The van der Waals surface area contributed by atoms with Crippen LogP contribution in [0.2, 0.25) is 0 Å².